The van der Waals surface area contributed by atoms with Gasteiger partial charge in [0, 0.05) is 39.5 Å². The lowest BCUT2D eigenvalue weighted by Gasteiger charge is -2.37. The molecular formula is C15H21N3O4. The molecule has 1 aromatic heterocycles. The first-order valence-corrected chi connectivity index (χ1v) is 7.54. The predicted molar refractivity (Wildman–Crippen MR) is 77.4 cm³/mol. The second-order valence-corrected chi connectivity index (χ2v) is 6.07. The third-order valence-corrected chi connectivity index (χ3v) is 4.40. The van der Waals surface area contributed by atoms with Gasteiger partial charge in [0.1, 0.15) is 6.61 Å². The summed E-state index contributed by atoms with van der Waals surface area (Å²) >= 11 is 0. The summed E-state index contributed by atoms with van der Waals surface area (Å²) in [5.74, 6) is 0.816. The number of piperidine rings is 1. The third kappa shape index (κ3) is 2.72. The Morgan fingerprint density at radius 2 is 2.09 bits per heavy atom. The zero-order valence-corrected chi connectivity index (χ0v) is 13.2. The third-order valence-electron chi connectivity index (χ3n) is 4.40. The number of rotatable bonds is 1. The van der Waals surface area contributed by atoms with Crippen molar-refractivity contribution in [2.24, 2.45) is 5.92 Å². The number of oxazole rings is 1. The number of ether oxygens (including phenoxy) is 1. The van der Waals surface area contributed by atoms with Crippen molar-refractivity contribution in [1.82, 2.24) is 14.8 Å². The van der Waals surface area contributed by atoms with Crippen LogP contribution in [0.4, 0.5) is 0 Å². The first kappa shape index (κ1) is 15.0. The number of carbonyl (C=O) groups excluding carboxylic acids is 2. The van der Waals surface area contributed by atoms with Crippen molar-refractivity contribution in [1.29, 1.82) is 0 Å². The second kappa shape index (κ2) is 5.72. The molecule has 0 unspecified atom stereocenters. The molecule has 1 aromatic rings. The average Bonchev–Trinajstić information content (AvgIpc) is 2.75. The van der Waals surface area contributed by atoms with Gasteiger partial charge < -0.3 is 19.0 Å². The van der Waals surface area contributed by atoms with Crippen LogP contribution in [0.15, 0.2) is 4.42 Å². The minimum atomic E-state index is -0.130. The molecule has 2 aliphatic heterocycles. The van der Waals surface area contributed by atoms with Gasteiger partial charge in [-0.2, -0.15) is 0 Å². The molecule has 3 heterocycles. The summed E-state index contributed by atoms with van der Waals surface area (Å²) in [6.45, 7) is 5.43. The lowest BCUT2D eigenvalue weighted by atomic mass is 9.94. The molecule has 2 atom stereocenters. The molecule has 2 aliphatic rings. The quantitative estimate of drug-likeness (QED) is 0.760. The van der Waals surface area contributed by atoms with Crippen LogP contribution < -0.4 is 0 Å². The number of aryl methyl sites for hydroxylation is 2. The summed E-state index contributed by atoms with van der Waals surface area (Å²) in [7, 11) is 1.78. The van der Waals surface area contributed by atoms with E-state index >= 15 is 0 Å². The van der Waals surface area contributed by atoms with E-state index in [0.717, 1.165) is 6.42 Å². The predicted octanol–water partition coefficient (Wildman–Crippen LogP) is 0.611. The number of nitrogens with zero attached hydrogens (tertiary/aromatic N) is 3. The highest BCUT2D eigenvalue weighted by Crippen LogP contribution is 2.25. The Kier molecular flexibility index (Phi) is 3.90. The number of likely N-dealkylation sites (N-methyl/N-ethyl adjacent to an activating group) is 1. The zero-order chi connectivity index (χ0) is 15.9. The van der Waals surface area contributed by atoms with E-state index < -0.39 is 0 Å². The van der Waals surface area contributed by atoms with E-state index in [0.29, 0.717) is 37.0 Å². The van der Waals surface area contributed by atoms with Gasteiger partial charge in [-0.05, 0) is 13.3 Å². The van der Waals surface area contributed by atoms with Gasteiger partial charge in [0.15, 0.2) is 5.89 Å². The molecule has 2 fully saturated rings. The van der Waals surface area contributed by atoms with Crippen molar-refractivity contribution in [2.75, 3.05) is 33.3 Å². The maximum Gasteiger partial charge on any atom is 0.291 e. The lowest BCUT2D eigenvalue weighted by Crippen LogP contribution is -2.48. The first-order valence-electron chi connectivity index (χ1n) is 7.54. The normalized spacial score (nSPS) is 25.9. The van der Waals surface area contributed by atoms with Crippen molar-refractivity contribution in [3.63, 3.8) is 0 Å². The number of hydrogen-bond donors (Lipinski definition) is 0. The smallest absolute Gasteiger partial charge is 0.291 e. The summed E-state index contributed by atoms with van der Waals surface area (Å²) in [4.78, 5) is 32.0. The standard InChI is InChI=1S/C15H21N3O4/c1-9-14(22-10(2)16-9)15(20)18-5-4-12-11(7-18)6-17(3)13(19)8-21-12/h11-12H,4-8H2,1-3H3/t11-,12-/m0/s1. The molecule has 0 bridgehead atoms. The Bertz CT molecular complexity index is 598. The largest absolute Gasteiger partial charge is 0.436 e. The zero-order valence-electron chi connectivity index (χ0n) is 13.2. The van der Waals surface area contributed by atoms with Crippen LogP contribution in [0, 0.1) is 19.8 Å². The Hall–Kier alpha value is -1.89. The van der Waals surface area contributed by atoms with E-state index in [1.165, 1.54) is 0 Å². The summed E-state index contributed by atoms with van der Waals surface area (Å²) in [5, 5.41) is 0. The van der Waals surface area contributed by atoms with Crippen LogP contribution in [-0.2, 0) is 9.53 Å². The van der Waals surface area contributed by atoms with Crippen LogP contribution in [0.25, 0.3) is 0 Å². The Balaban J connectivity index is 1.74. The molecular weight excluding hydrogens is 286 g/mol. The first-order chi connectivity index (χ1) is 10.5. The van der Waals surface area contributed by atoms with Gasteiger partial charge in [0.05, 0.1) is 11.8 Å². The number of aromatic nitrogens is 1. The molecule has 0 spiro atoms. The van der Waals surface area contributed by atoms with Gasteiger partial charge in [-0.15, -0.1) is 0 Å². The minimum Gasteiger partial charge on any atom is -0.436 e. The Morgan fingerprint density at radius 3 is 2.77 bits per heavy atom. The maximum atomic E-state index is 12.6. The van der Waals surface area contributed by atoms with Crippen LogP contribution in [0.2, 0.25) is 0 Å². The van der Waals surface area contributed by atoms with Crippen molar-refractivity contribution in [2.45, 2.75) is 26.4 Å². The summed E-state index contributed by atoms with van der Waals surface area (Å²) in [5.41, 5.74) is 0.619. The highest BCUT2D eigenvalue weighted by atomic mass is 16.5. The van der Waals surface area contributed by atoms with Gasteiger partial charge in [-0.25, -0.2) is 4.98 Å². The molecule has 0 aliphatic carbocycles. The fourth-order valence-electron chi connectivity index (χ4n) is 3.21. The van der Waals surface area contributed by atoms with Crippen molar-refractivity contribution in [3.05, 3.63) is 17.3 Å². The van der Waals surface area contributed by atoms with Crippen molar-refractivity contribution in [3.8, 4) is 0 Å². The molecule has 0 N–H and O–H groups in total. The van der Waals surface area contributed by atoms with Crippen LogP contribution >= 0.6 is 0 Å². The van der Waals surface area contributed by atoms with E-state index in [2.05, 4.69) is 4.98 Å². The number of carbonyl (C=O) groups is 2. The molecule has 3 rings (SSSR count). The average molecular weight is 307 g/mol. The summed E-state index contributed by atoms with van der Waals surface area (Å²) < 4.78 is 11.1. The van der Waals surface area contributed by atoms with Crippen LogP contribution in [0.3, 0.4) is 0 Å². The highest BCUT2D eigenvalue weighted by molar-refractivity contribution is 5.92. The maximum absolute atomic E-state index is 12.6. The van der Waals surface area contributed by atoms with Crippen LogP contribution in [0.1, 0.15) is 28.6 Å². The number of likely N-dealkylation sites (tertiary alicyclic amines) is 1. The van der Waals surface area contributed by atoms with Crippen LogP contribution in [-0.4, -0.2) is 66.0 Å². The summed E-state index contributed by atoms with van der Waals surface area (Å²) in [6.07, 6.45) is 0.777. The molecule has 0 aromatic carbocycles. The molecule has 2 amide bonds. The number of amides is 2. The molecule has 7 heteroatoms. The SMILES string of the molecule is Cc1nc(C)c(C(=O)N2CC[C@@H]3OCC(=O)N(C)C[C@H]3C2)o1. The van der Waals surface area contributed by atoms with Crippen molar-refractivity contribution < 1.29 is 18.7 Å². The minimum absolute atomic E-state index is 0.00557. The van der Waals surface area contributed by atoms with Crippen molar-refractivity contribution >= 4 is 11.8 Å². The van der Waals surface area contributed by atoms with E-state index in [1.807, 2.05) is 0 Å². The molecule has 7 nitrogen and oxygen atoms in total. The highest BCUT2D eigenvalue weighted by Gasteiger charge is 2.37. The number of fused-ring (bicyclic) bond motifs is 1. The van der Waals surface area contributed by atoms with E-state index in [1.54, 1.807) is 30.7 Å². The van der Waals surface area contributed by atoms with Gasteiger partial charge in [-0.1, -0.05) is 0 Å². The molecule has 120 valence electrons. The fourth-order valence-corrected chi connectivity index (χ4v) is 3.21. The Labute approximate surface area is 129 Å². The van der Waals surface area contributed by atoms with Gasteiger partial charge in [-0.3, -0.25) is 9.59 Å². The molecule has 0 saturated carbocycles. The molecule has 0 radical (unpaired) electrons. The Morgan fingerprint density at radius 1 is 1.32 bits per heavy atom. The van der Waals surface area contributed by atoms with E-state index in [9.17, 15) is 9.59 Å². The number of hydrogen-bond acceptors (Lipinski definition) is 5. The van der Waals surface area contributed by atoms with Gasteiger partial charge in [0.2, 0.25) is 11.7 Å². The topological polar surface area (TPSA) is 75.9 Å². The van der Waals surface area contributed by atoms with E-state index in [4.69, 9.17) is 9.15 Å². The van der Waals surface area contributed by atoms with Gasteiger partial charge in [0.25, 0.3) is 5.91 Å². The second-order valence-electron chi connectivity index (χ2n) is 6.07. The van der Waals surface area contributed by atoms with Gasteiger partial charge >= 0.3 is 0 Å². The lowest BCUT2D eigenvalue weighted by molar-refractivity contribution is -0.133. The molecule has 2 saturated heterocycles. The summed E-state index contributed by atoms with van der Waals surface area (Å²) in [6, 6.07) is 0. The monoisotopic (exact) mass is 307 g/mol. The molecule has 22 heavy (non-hydrogen) atoms. The fraction of sp³-hybridized carbons (Fsp3) is 0.667. The van der Waals surface area contributed by atoms with Crippen LogP contribution in [0.5, 0.6) is 0 Å². The van der Waals surface area contributed by atoms with E-state index in [-0.39, 0.29) is 30.4 Å².